The Bertz CT molecular complexity index is 461. The first kappa shape index (κ1) is 16.0. The minimum Gasteiger partial charge on any atom is -0.396 e. The lowest BCUT2D eigenvalue weighted by Gasteiger charge is -2.32. The van der Waals surface area contributed by atoms with Crippen LogP contribution in [-0.4, -0.2) is 48.1 Å². The van der Waals surface area contributed by atoms with Gasteiger partial charge in [0.25, 0.3) is 5.91 Å². The average Bonchev–Trinajstić information content (AvgIpc) is 3.05. The third-order valence-corrected chi connectivity index (χ3v) is 4.60. The van der Waals surface area contributed by atoms with E-state index in [0.29, 0.717) is 30.8 Å². The maximum Gasteiger partial charge on any atom is 0.261 e. The summed E-state index contributed by atoms with van der Waals surface area (Å²) < 4.78 is 0. The fraction of sp³-hybridized carbons (Fsp3) is 0.600. The van der Waals surface area contributed by atoms with E-state index >= 15 is 0 Å². The van der Waals surface area contributed by atoms with Crippen LogP contribution in [0.25, 0.3) is 0 Å². The van der Waals surface area contributed by atoms with Gasteiger partial charge in [0.2, 0.25) is 5.91 Å². The average molecular weight is 310 g/mol. The number of carbonyl (C=O) groups is 2. The molecule has 6 heteroatoms. The Morgan fingerprint density at radius 2 is 2.33 bits per heavy atom. The van der Waals surface area contributed by atoms with E-state index in [2.05, 4.69) is 5.32 Å². The monoisotopic (exact) mass is 310 g/mol. The minimum atomic E-state index is -0.0734. The molecule has 1 aliphatic heterocycles. The maximum absolute atomic E-state index is 12.1. The molecule has 0 spiro atoms. The van der Waals surface area contributed by atoms with Gasteiger partial charge < -0.3 is 15.3 Å². The molecular weight excluding hydrogens is 288 g/mol. The number of hydrogen-bond donors (Lipinski definition) is 2. The van der Waals surface area contributed by atoms with Gasteiger partial charge in [0.1, 0.15) is 0 Å². The summed E-state index contributed by atoms with van der Waals surface area (Å²) in [7, 11) is 0. The summed E-state index contributed by atoms with van der Waals surface area (Å²) in [6.07, 6.45) is 3.06. The highest BCUT2D eigenvalue weighted by Gasteiger charge is 2.22. The molecule has 1 fully saturated rings. The predicted molar refractivity (Wildman–Crippen MR) is 82.3 cm³/mol. The number of piperidine rings is 1. The summed E-state index contributed by atoms with van der Waals surface area (Å²) >= 11 is 1.41. The summed E-state index contributed by atoms with van der Waals surface area (Å²) in [6, 6.07) is 3.63. The Morgan fingerprint density at radius 1 is 1.48 bits per heavy atom. The third-order valence-electron chi connectivity index (χ3n) is 3.73. The Morgan fingerprint density at radius 3 is 3.05 bits per heavy atom. The van der Waals surface area contributed by atoms with Crippen LogP contribution in [0.2, 0.25) is 0 Å². The Kier molecular flexibility index (Phi) is 6.20. The van der Waals surface area contributed by atoms with E-state index in [9.17, 15) is 14.7 Å². The Balaban J connectivity index is 1.64. The van der Waals surface area contributed by atoms with Gasteiger partial charge in [-0.1, -0.05) is 6.07 Å². The maximum atomic E-state index is 12.1. The highest BCUT2D eigenvalue weighted by atomic mass is 32.1. The number of nitrogens with one attached hydrogen (secondary N) is 1. The van der Waals surface area contributed by atoms with E-state index in [-0.39, 0.29) is 24.3 Å². The number of aliphatic hydroxyl groups is 1. The van der Waals surface area contributed by atoms with Crippen LogP contribution in [0.15, 0.2) is 17.5 Å². The topological polar surface area (TPSA) is 69.6 Å². The second-order valence-corrected chi connectivity index (χ2v) is 6.32. The molecule has 2 heterocycles. The van der Waals surface area contributed by atoms with Gasteiger partial charge in [-0.05, 0) is 36.6 Å². The van der Waals surface area contributed by atoms with Crippen LogP contribution < -0.4 is 5.32 Å². The van der Waals surface area contributed by atoms with Gasteiger partial charge in [0.15, 0.2) is 0 Å². The van der Waals surface area contributed by atoms with Crippen molar-refractivity contribution in [3.05, 3.63) is 22.4 Å². The van der Waals surface area contributed by atoms with Crippen molar-refractivity contribution in [1.29, 1.82) is 0 Å². The van der Waals surface area contributed by atoms with Crippen molar-refractivity contribution < 1.29 is 14.7 Å². The van der Waals surface area contributed by atoms with E-state index in [4.69, 9.17) is 0 Å². The van der Waals surface area contributed by atoms with Gasteiger partial charge in [-0.2, -0.15) is 0 Å². The molecule has 1 atom stereocenters. The first-order valence-corrected chi connectivity index (χ1v) is 8.29. The molecule has 0 radical (unpaired) electrons. The number of rotatable bonds is 6. The van der Waals surface area contributed by atoms with Crippen LogP contribution in [0.5, 0.6) is 0 Å². The van der Waals surface area contributed by atoms with Crippen molar-refractivity contribution in [2.45, 2.75) is 25.7 Å². The van der Waals surface area contributed by atoms with Crippen molar-refractivity contribution >= 4 is 23.2 Å². The van der Waals surface area contributed by atoms with Crippen LogP contribution in [0.3, 0.4) is 0 Å². The number of amides is 2. The van der Waals surface area contributed by atoms with Gasteiger partial charge in [0.05, 0.1) is 4.88 Å². The summed E-state index contributed by atoms with van der Waals surface area (Å²) in [5.74, 6) is 0.274. The molecule has 1 aromatic heterocycles. The highest BCUT2D eigenvalue weighted by molar-refractivity contribution is 7.12. The van der Waals surface area contributed by atoms with Crippen molar-refractivity contribution in [2.24, 2.45) is 5.92 Å². The van der Waals surface area contributed by atoms with Crippen LogP contribution >= 0.6 is 11.3 Å². The van der Waals surface area contributed by atoms with Crippen LogP contribution in [-0.2, 0) is 4.79 Å². The van der Waals surface area contributed by atoms with E-state index < -0.39 is 0 Å². The lowest BCUT2D eigenvalue weighted by Crippen LogP contribution is -2.41. The first-order chi connectivity index (χ1) is 10.2. The summed E-state index contributed by atoms with van der Waals surface area (Å²) in [5.41, 5.74) is 0. The number of hydrogen-bond acceptors (Lipinski definition) is 4. The fourth-order valence-corrected chi connectivity index (χ4v) is 3.18. The molecule has 2 rings (SSSR count). The zero-order valence-electron chi connectivity index (χ0n) is 12.1. The van der Waals surface area contributed by atoms with Crippen LogP contribution in [0, 0.1) is 5.92 Å². The van der Waals surface area contributed by atoms with Crippen molar-refractivity contribution in [1.82, 2.24) is 10.2 Å². The summed E-state index contributed by atoms with van der Waals surface area (Å²) in [4.78, 5) is 26.3. The molecular formula is C15H22N2O3S. The molecule has 1 aromatic rings. The van der Waals surface area contributed by atoms with Gasteiger partial charge in [0, 0.05) is 32.7 Å². The van der Waals surface area contributed by atoms with Gasteiger partial charge in [-0.3, -0.25) is 9.59 Å². The molecule has 2 N–H and O–H groups in total. The van der Waals surface area contributed by atoms with Crippen molar-refractivity contribution in [3.8, 4) is 0 Å². The predicted octanol–water partition coefficient (Wildman–Crippen LogP) is 1.49. The van der Waals surface area contributed by atoms with E-state index in [1.807, 2.05) is 16.3 Å². The van der Waals surface area contributed by atoms with Crippen molar-refractivity contribution in [2.75, 3.05) is 26.2 Å². The number of nitrogens with zero attached hydrogens (tertiary/aromatic N) is 1. The summed E-state index contributed by atoms with van der Waals surface area (Å²) in [5, 5.41) is 13.9. The van der Waals surface area contributed by atoms with Crippen LogP contribution in [0.4, 0.5) is 0 Å². The lowest BCUT2D eigenvalue weighted by atomic mass is 9.99. The van der Waals surface area contributed by atoms with Crippen LogP contribution in [0.1, 0.15) is 35.4 Å². The second kappa shape index (κ2) is 8.14. The molecule has 116 valence electrons. The van der Waals surface area contributed by atoms with E-state index in [0.717, 1.165) is 19.4 Å². The van der Waals surface area contributed by atoms with E-state index in [1.54, 1.807) is 6.07 Å². The molecule has 0 aliphatic carbocycles. The molecule has 5 nitrogen and oxygen atoms in total. The number of likely N-dealkylation sites (tertiary alicyclic amines) is 1. The lowest BCUT2D eigenvalue weighted by molar-refractivity contribution is -0.133. The second-order valence-electron chi connectivity index (χ2n) is 5.37. The van der Waals surface area contributed by atoms with Gasteiger partial charge >= 0.3 is 0 Å². The molecule has 0 aromatic carbocycles. The Labute approximate surface area is 129 Å². The Hall–Kier alpha value is -1.40. The standard InChI is InChI=1S/C15H22N2O3S/c18-11-12-4-2-8-17(10-12)14(19)6-1-7-16-15(20)13-5-3-9-21-13/h3,5,9,12,18H,1-2,4,6-8,10-11H2,(H,16,20). The zero-order valence-corrected chi connectivity index (χ0v) is 12.9. The molecule has 1 saturated heterocycles. The molecule has 0 saturated carbocycles. The quantitative estimate of drug-likeness (QED) is 0.782. The first-order valence-electron chi connectivity index (χ1n) is 7.41. The zero-order chi connectivity index (χ0) is 15.1. The molecule has 0 bridgehead atoms. The molecule has 2 amide bonds. The summed E-state index contributed by atoms with van der Waals surface area (Å²) in [6.45, 7) is 2.12. The normalized spacial score (nSPS) is 18.5. The van der Waals surface area contributed by atoms with Gasteiger partial charge in [-0.15, -0.1) is 11.3 Å². The molecule has 21 heavy (non-hydrogen) atoms. The largest absolute Gasteiger partial charge is 0.396 e. The number of aliphatic hydroxyl groups excluding tert-OH is 1. The molecule has 1 unspecified atom stereocenters. The fourth-order valence-electron chi connectivity index (χ4n) is 2.54. The van der Waals surface area contributed by atoms with E-state index in [1.165, 1.54) is 11.3 Å². The third kappa shape index (κ3) is 4.82. The number of carbonyl (C=O) groups excluding carboxylic acids is 2. The SMILES string of the molecule is O=C(NCCCC(=O)N1CCCC(CO)C1)c1cccs1. The number of thiophene rings is 1. The van der Waals surface area contributed by atoms with Crippen molar-refractivity contribution in [3.63, 3.8) is 0 Å². The molecule has 1 aliphatic rings. The smallest absolute Gasteiger partial charge is 0.261 e. The minimum absolute atomic E-state index is 0.0734. The highest BCUT2D eigenvalue weighted by Crippen LogP contribution is 2.16. The van der Waals surface area contributed by atoms with Gasteiger partial charge in [-0.25, -0.2) is 0 Å².